The van der Waals surface area contributed by atoms with Gasteiger partial charge in [0, 0.05) is 30.9 Å². The zero-order chi connectivity index (χ0) is 18.4. The van der Waals surface area contributed by atoms with E-state index in [0.717, 1.165) is 25.9 Å². The molecule has 0 saturated carbocycles. The number of piperidine rings is 3. The minimum Gasteiger partial charge on any atom is -0.319 e. The van der Waals surface area contributed by atoms with E-state index in [1.165, 1.54) is 11.6 Å². The topological polar surface area (TPSA) is 48.5 Å². The van der Waals surface area contributed by atoms with Crippen molar-refractivity contribution in [3.8, 4) is 0 Å². The highest BCUT2D eigenvalue weighted by Crippen LogP contribution is 2.46. The molecule has 1 N–H and O–H groups in total. The Morgan fingerprint density at radius 3 is 2.67 bits per heavy atom. The smallest absolute Gasteiger partial charge is 0.319 e. The van der Waals surface area contributed by atoms with Gasteiger partial charge in [0.25, 0.3) is 0 Å². The molecular weight excluding hydrogens is 343 g/mol. The third-order valence-electron chi connectivity index (χ3n) is 6.48. The molecule has 2 amide bonds. The van der Waals surface area contributed by atoms with Gasteiger partial charge >= 0.3 is 6.03 Å². The first-order chi connectivity index (χ1) is 13.2. The second-order valence-electron chi connectivity index (χ2n) is 7.81. The highest BCUT2D eigenvalue weighted by atomic mass is 19.1. The zero-order valence-electron chi connectivity index (χ0n) is 15.1. The van der Waals surface area contributed by atoms with E-state index < -0.39 is 5.82 Å². The maximum absolute atomic E-state index is 14.0. The molecule has 6 heteroatoms. The fourth-order valence-electron chi connectivity index (χ4n) is 5.29. The predicted octanol–water partition coefficient (Wildman–Crippen LogP) is 3.31. The van der Waals surface area contributed by atoms with Crippen LogP contribution in [0.25, 0.3) is 0 Å². The number of amides is 2. The third-order valence-corrected chi connectivity index (χ3v) is 6.48. The molecule has 140 valence electrons. The number of pyridine rings is 1. The lowest BCUT2D eigenvalue weighted by Gasteiger charge is -2.51. The van der Waals surface area contributed by atoms with Gasteiger partial charge in [-0.15, -0.1) is 0 Å². The molecule has 6 rings (SSSR count). The lowest BCUT2D eigenvalue weighted by molar-refractivity contribution is 0.00492. The highest BCUT2D eigenvalue weighted by molar-refractivity contribution is 5.90. The highest BCUT2D eigenvalue weighted by Gasteiger charge is 2.54. The van der Waals surface area contributed by atoms with Crippen molar-refractivity contribution >= 4 is 11.7 Å². The van der Waals surface area contributed by atoms with Crippen LogP contribution in [0.2, 0.25) is 0 Å². The maximum atomic E-state index is 14.0. The number of hydrogen-bond acceptors (Lipinski definition) is 3. The van der Waals surface area contributed by atoms with Crippen molar-refractivity contribution < 1.29 is 9.18 Å². The Hall–Kier alpha value is -2.47. The van der Waals surface area contributed by atoms with Crippen LogP contribution >= 0.6 is 0 Å². The lowest BCUT2D eigenvalue weighted by atomic mass is 9.75. The molecule has 0 radical (unpaired) electrons. The summed E-state index contributed by atoms with van der Waals surface area (Å²) in [5, 5.41) is 2.79. The molecule has 0 aliphatic carbocycles. The van der Waals surface area contributed by atoms with Crippen LogP contribution in [0.15, 0.2) is 48.8 Å². The van der Waals surface area contributed by atoms with E-state index in [0.29, 0.717) is 18.5 Å². The van der Waals surface area contributed by atoms with Crippen molar-refractivity contribution in [2.24, 2.45) is 5.92 Å². The van der Waals surface area contributed by atoms with E-state index in [9.17, 15) is 9.18 Å². The third kappa shape index (κ3) is 2.79. The summed E-state index contributed by atoms with van der Waals surface area (Å²) in [6.07, 6.45) is 5.96. The van der Waals surface area contributed by atoms with Gasteiger partial charge in [-0.05, 0) is 55.6 Å². The molecule has 4 aliphatic rings. The number of hydrogen-bond donors (Lipinski definition) is 1. The standard InChI is InChI=1S/C21H23FN4O/c22-17-5-1-2-6-18(17)24-21(27)26-13-16(15-4-3-9-23-12-15)20-19(26)14-7-10-25(20)11-8-14/h1-6,9,12,14,16,19-20H,7-8,10-11,13H2,(H,24,27). The van der Waals surface area contributed by atoms with Gasteiger partial charge in [0.05, 0.1) is 11.7 Å². The molecule has 4 saturated heterocycles. The molecular formula is C21H23FN4O. The van der Waals surface area contributed by atoms with Gasteiger partial charge < -0.3 is 10.2 Å². The Bertz CT molecular complexity index is 837. The van der Waals surface area contributed by atoms with Crippen LogP contribution in [0.3, 0.4) is 0 Å². The zero-order valence-corrected chi connectivity index (χ0v) is 15.1. The summed E-state index contributed by atoms with van der Waals surface area (Å²) in [6.45, 7) is 2.85. The van der Waals surface area contributed by atoms with Gasteiger partial charge in [-0.1, -0.05) is 18.2 Å². The number of para-hydroxylation sites is 1. The van der Waals surface area contributed by atoms with E-state index in [1.54, 1.807) is 24.4 Å². The number of carbonyl (C=O) groups is 1. The fourth-order valence-corrected chi connectivity index (χ4v) is 5.29. The lowest BCUT2D eigenvalue weighted by Crippen LogP contribution is -2.61. The molecule has 5 heterocycles. The summed E-state index contributed by atoms with van der Waals surface area (Å²) in [7, 11) is 0. The summed E-state index contributed by atoms with van der Waals surface area (Å²) >= 11 is 0. The van der Waals surface area contributed by atoms with Crippen molar-refractivity contribution in [2.45, 2.75) is 30.8 Å². The Morgan fingerprint density at radius 2 is 1.93 bits per heavy atom. The number of anilines is 1. The molecule has 3 unspecified atom stereocenters. The Labute approximate surface area is 158 Å². The average molecular weight is 366 g/mol. The minimum atomic E-state index is -0.403. The van der Waals surface area contributed by atoms with Crippen LogP contribution in [0, 0.1) is 11.7 Å². The second kappa shape index (κ2) is 6.60. The molecule has 27 heavy (non-hydrogen) atoms. The largest absolute Gasteiger partial charge is 0.322 e. The maximum Gasteiger partial charge on any atom is 0.322 e. The van der Waals surface area contributed by atoms with Crippen molar-refractivity contribution in [1.82, 2.24) is 14.8 Å². The van der Waals surface area contributed by atoms with Crippen molar-refractivity contribution in [2.75, 3.05) is 25.0 Å². The van der Waals surface area contributed by atoms with Gasteiger partial charge in [0.15, 0.2) is 0 Å². The second-order valence-corrected chi connectivity index (χ2v) is 7.81. The number of aromatic nitrogens is 1. The number of rotatable bonds is 2. The van der Waals surface area contributed by atoms with E-state index in [-0.39, 0.29) is 23.7 Å². The SMILES string of the molecule is O=C(Nc1ccccc1F)N1CC(c2cccnc2)C2C1C1CCN2CC1. The first kappa shape index (κ1) is 16.7. The summed E-state index contributed by atoms with van der Waals surface area (Å²) < 4.78 is 14.0. The Balaban J connectivity index is 1.45. The summed E-state index contributed by atoms with van der Waals surface area (Å²) in [5.41, 5.74) is 1.42. The van der Waals surface area contributed by atoms with Gasteiger partial charge in [0.2, 0.25) is 0 Å². The normalized spacial score (nSPS) is 31.6. The monoisotopic (exact) mass is 366 g/mol. The van der Waals surface area contributed by atoms with E-state index in [1.807, 2.05) is 17.2 Å². The van der Waals surface area contributed by atoms with Gasteiger partial charge in [0.1, 0.15) is 5.82 Å². The summed E-state index contributed by atoms with van der Waals surface area (Å²) in [6, 6.07) is 10.7. The molecule has 1 aromatic heterocycles. The number of carbonyl (C=O) groups excluding carboxylic acids is 1. The molecule has 1 aromatic carbocycles. The molecule has 5 nitrogen and oxygen atoms in total. The number of fused-ring (bicyclic) bond motifs is 2. The fraction of sp³-hybridized carbons (Fsp3) is 0.429. The van der Waals surface area contributed by atoms with Gasteiger partial charge in [-0.25, -0.2) is 9.18 Å². The molecule has 3 atom stereocenters. The minimum absolute atomic E-state index is 0.185. The van der Waals surface area contributed by atoms with Crippen LogP contribution in [-0.4, -0.2) is 52.5 Å². The van der Waals surface area contributed by atoms with Crippen molar-refractivity contribution in [3.63, 3.8) is 0 Å². The van der Waals surface area contributed by atoms with Gasteiger partial charge in [-0.2, -0.15) is 0 Å². The van der Waals surface area contributed by atoms with Crippen LogP contribution in [0.4, 0.5) is 14.9 Å². The van der Waals surface area contributed by atoms with Crippen LogP contribution in [-0.2, 0) is 0 Å². The first-order valence-electron chi connectivity index (χ1n) is 9.68. The quantitative estimate of drug-likeness (QED) is 0.887. The molecule has 0 spiro atoms. The van der Waals surface area contributed by atoms with Gasteiger partial charge in [-0.3, -0.25) is 9.88 Å². The van der Waals surface area contributed by atoms with E-state index in [2.05, 4.69) is 21.3 Å². The van der Waals surface area contributed by atoms with E-state index in [4.69, 9.17) is 0 Å². The molecule has 4 fully saturated rings. The van der Waals surface area contributed by atoms with Crippen molar-refractivity contribution in [3.05, 3.63) is 60.2 Å². The van der Waals surface area contributed by atoms with E-state index >= 15 is 0 Å². The van der Waals surface area contributed by atoms with Crippen LogP contribution in [0.5, 0.6) is 0 Å². The van der Waals surface area contributed by atoms with Crippen LogP contribution < -0.4 is 5.32 Å². The van der Waals surface area contributed by atoms with Crippen LogP contribution in [0.1, 0.15) is 24.3 Å². The number of urea groups is 1. The molecule has 4 aliphatic heterocycles. The summed E-state index contributed by atoms with van der Waals surface area (Å²) in [4.78, 5) is 21.9. The number of nitrogens with one attached hydrogen (secondary N) is 1. The number of nitrogens with zero attached hydrogens (tertiary/aromatic N) is 3. The number of likely N-dealkylation sites (tertiary alicyclic amines) is 1. The number of benzene rings is 1. The Morgan fingerprint density at radius 1 is 1.11 bits per heavy atom. The average Bonchev–Trinajstić information content (AvgIpc) is 3.14. The summed E-state index contributed by atoms with van der Waals surface area (Å²) in [5.74, 6) is 0.366. The predicted molar refractivity (Wildman–Crippen MR) is 101 cm³/mol. The first-order valence-corrected chi connectivity index (χ1v) is 9.68. The number of halogens is 1. The molecule has 2 aromatic rings. The Kier molecular flexibility index (Phi) is 4.08. The van der Waals surface area contributed by atoms with Crippen molar-refractivity contribution in [1.29, 1.82) is 0 Å². The molecule has 2 bridgehead atoms.